The van der Waals surface area contributed by atoms with E-state index >= 15 is 0 Å². The van der Waals surface area contributed by atoms with Gasteiger partial charge in [0.25, 0.3) is 0 Å². The maximum atomic E-state index is 13.2. The summed E-state index contributed by atoms with van der Waals surface area (Å²) < 4.78 is 17.4. The molecule has 0 aromatic heterocycles. The number of methoxy groups -OCH3 is 1. The molecule has 1 saturated heterocycles. The number of hydrogen-bond donors (Lipinski definition) is 1. The average molecular weight is 427 g/mol. The Morgan fingerprint density at radius 1 is 1.30 bits per heavy atom. The molecule has 1 fully saturated rings. The number of carbonyl (C=O) groups excluding carboxylic acids is 1. The minimum Gasteiger partial charge on any atom is -0.497 e. The first kappa shape index (κ1) is 20.5. The van der Waals surface area contributed by atoms with E-state index in [1.165, 1.54) is 0 Å². The van der Waals surface area contributed by atoms with Crippen molar-refractivity contribution in [1.82, 2.24) is 5.32 Å². The highest BCUT2D eigenvalue weighted by Crippen LogP contribution is 2.51. The number of carbonyl (C=O) groups is 1. The van der Waals surface area contributed by atoms with Gasteiger partial charge in [-0.25, -0.2) is 0 Å². The Hall–Kier alpha value is -2.80. The number of nitrogens with zero attached hydrogens (tertiary/aromatic N) is 1. The fraction of sp³-hybridized carbons (Fsp3) is 0.391. The third-order valence-corrected chi connectivity index (χ3v) is 6.36. The van der Waals surface area contributed by atoms with Crippen LogP contribution in [0.5, 0.6) is 11.5 Å². The standard InChI is InChI=1S/C23H26N2O4S/c1-6-28-21(26)19-20-16-12-15(27-5)10-11-18(16)29-23(19,4)25(22(30)24-20)17-9-7-8-13(2)14(17)3/h7-12,19-20H,6H2,1-5H3,(H,24,30)/t19-,20+,23+/m1/s1. The van der Waals surface area contributed by atoms with E-state index in [4.69, 9.17) is 26.4 Å². The molecule has 3 atom stereocenters. The summed E-state index contributed by atoms with van der Waals surface area (Å²) in [6, 6.07) is 11.3. The lowest BCUT2D eigenvalue weighted by Crippen LogP contribution is -2.72. The zero-order valence-corrected chi connectivity index (χ0v) is 18.6. The molecular weight excluding hydrogens is 400 g/mol. The topological polar surface area (TPSA) is 60.0 Å². The number of benzene rings is 2. The van der Waals surface area contributed by atoms with Crippen LogP contribution in [0.15, 0.2) is 36.4 Å². The second-order valence-corrected chi connectivity index (χ2v) is 8.16. The maximum Gasteiger partial charge on any atom is 0.317 e. The number of thiocarbonyl (C=S) groups is 1. The molecule has 2 heterocycles. The Bertz CT molecular complexity index is 1020. The summed E-state index contributed by atoms with van der Waals surface area (Å²) in [7, 11) is 1.61. The molecular formula is C23H26N2O4S. The van der Waals surface area contributed by atoms with E-state index in [0.29, 0.717) is 16.6 Å². The normalized spacial score (nSPS) is 24.4. The van der Waals surface area contributed by atoms with Gasteiger partial charge in [0.05, 0.1) is 25.4 Å². The van der Waals surface area contributed by atoms with Crippen molar-refractivity contribution in [3.05, 3.63) is 53.1 Å². The molecule has 0 spiro atoms. The molecule has 0 unspecified atom stereocenters. The summed E-state index contributed by atoms with van der Waals surface area (Å²) >= 11 is 5.78. The maximum absolute atomic E-state index is 13.2. The van der Waals surface area contributed by atoms with Crippen LogP contribution in [0.2, 0.25) is 0 Å². The van der Waals surface area contributed by atoms with Crippen molar-refractivity contribution in [2.24, 2.45) is 5.92 Å². The van der Waals surface area contributed by atoms with E-state index < -0.39 is 11.6 Å². The molecule has 2 aromatic rings. The minimum absolute atomic E-state index is 0.289. The summed E-state index contributed by atoms with van der Waals surface area (Å²) in [6.07, 6.45) is 0. The smallest absolute Gasteiger partial charge is 0.317 e. The molecule has 6 nitrogen and oxygen atoms in total. The van der Waals surface area contributed by atoms with Gasteiger partial charge in [-0.2, -0.15) is 0 Å². The highest BCUT2D eigenvalue weighted by atomic mass is 32.1. The molecule has 0 radical (unpaired) electrons. The van der Waals surface area contributed by atoms with Gasteiger partial charge in [0.1, 0.15) is 17.4 Å². The van der Waals surface area contributed by atoms with Gasteiger partial charge in [-0.05, 0) is 75.3 Å². The van der Waals surface area contributed by atoms with Gasteiger partial charge in [0.2, 0.25) is 5.72 Å². The molecule has 158 valence electrons. The summed E-state index contributed by atoms with van der Waals surface area (Å²) in [5, 5.41) is 3.89. The van der Waals surface area contributed by atoms with Crippen LogP contribution in [-0.4, -0.2) is 30.5 Å². The summed E-state index contributed by atoms with van der Waals surface area (Å²) in [5.74, 6) is 0.412. The summed E-state index contributed by atoms with van der Waals surface area (Å²) in [4.78, 5) is 15.1. The largest absolute Gasteiger partial charge is 0.497 e. The monoisotopic (exact) mass is 426 g/mol. The number of esters is 1. The Kier molecular flexibility index (Phi) is 5.10. The number of ether oxygens (including phenoxy) is 3. The van der Waals surface area contributed by atoms with Crippen molar-refractivity contribution in [2.45, 2.75) is 39.5 Å². The highest BCUT2D eigenvalue weighted by Gasteiger charge is 2.60. The van der Waals surface area contributed by atoms with Crippen LogP contribution < -0.4 is 19.7 Å². The number of anilines is 1. The second kappa shape index (κ2) is 7.47. The van der Waals surface area contributed by atoms with E-state index in [-0.39, 0.29) is 18.6 Å². The van der Waals surface area contributed by atoms with Crippen LogP contribution in [0.1, 0.15) is 36.6 Å². The molecule has 0 saturated carbocycles. The van der Waals surface area contributed by atoms with Crippen molar-refractivity contribution in [2.75, 3.05) is 18.6 Å². The van der Waals surface area contributed by atoms with Gasteiger partial charge in [-0.1, -0.05) is 12.1 Å². The molecule has 4 rings (SSSR count). The molecule has 0 amide bonds. The summed E-state index contributed by atoms with van der Waals surface area (Å²) in [6.45, 7) is 8.10. The van der Waals surface area contributed by atoms with Crippen LogP contribution in [0.3, 0.4) is 0 Å². The van der Waals surface area contributed by atoms with E-state index in [2.05, 4.69) is 18.3 Å². The van der Waals surface area contributed by atoms with Gasteiger partial charge in [0.15, 0.2) is 5.11 Å². The van der Waals surface area contributed by atoms with Gasteiger partial charge in [0, 0.05) is 5.56 Å². The molecule has 2 aromatic carbocycles. The fourth-order valence-electron chi connectivity index (χ4n) is 4.42. The highest BCUT2D eigenvalue weighted by molar-refractivity contribution is 7.80. The van der Waals surface area contributed by atoms with E-state index in [1.54, 1.807) is 14.0 Å². The van der Waals surface area contributed by atoms with Crippen molar-refractivity contribution >= 4 is 29.0 Å². The van der Waals surface area contributed by atoms with Gasteiger partial charge in [-0.15, -0.1) is 0 Å². The number of nitrogens with one attached hydrogen (secondary N) is 1. The number of fused-ring (bicyclic) bond motifs is 4. The third kappa shape index (κ3) is 2.99. The van der Waals surface area contributed by atoms with Crippen LogP contribution in [0.4, 0.5) is 5.69 Å². The zero-order chi connectivity index (χ0) is 21.6. The number of hydrogen-bond acceptors (Lipinski definition) is 5. The zero-order valence-electron chi connectivity index (χ0n) is 17.8. The van der Waals surface area contributed by atoms with Crippen molar-refractivity contribution in [3.8, 4) is 11.5 Å². The molecule has 0 aliphatic carbocycles. The van der Waals surface area contributed by atoms with Crippen LogP contribution >= 0.6 is 12.2 Å². The molecule has 7 heteroatoms. The quantitative estimate of drug-likeness (QED) is 0.585. The molecule has 2 bridgehead atoms. The first-order valence-electron chi connectivity index (χ1n) is 10.0. The predicted molar refractivity (Wildman–Crippen MR) is 119 cm³/mol. The van der Waals surface area contributed by atoms with Crippen molar-refractivity contribution in [1.29, 1.82) is 0 Å². The Labute approximate surface area is 182 Å². The second-order valence-electron chi connectivity index (χ2n) is 7.77. The predicted octanol–water partition coefficient (Wildman–Crippen LogP) is 4.04. The molecule has 1 N–H and O–H groups in total. The van der Waals surface area contributed by atoms with Gasteiger partial charge < -0.3 is 19.5 Å². The van der Waals surface area contributed by atoms with E-state index in [0.717, 1.165) is 22.4 Å². The average Bonchev–Trinajstić information content (AvgIpc) is 2.70. The fourth-order valence-corrected chi connectivity index (χ4v) is 4.83. The molecule has 2 aliphatic heterocycles. The summed E-state index contributed by atoms with van der Waals surface area (Å²) in [5.41, 5.74) is 2.88. The number of aryl methyl sites for hydroxylation is 1. The van der Waals surface area contributed by atoms with Crippen molar-refractivity contribution in [3.63, 3.8) is 0 Å². The first-order valence-corrected chi connectivity index (χ1v) is 10.4. The molecule has 30 heavy (non-hydrogen) atoms. The van der Waals surface area contributed by atoms with Gasteiger partial charge in [-0.3, -0.25) is 9.69 Å². The van der Waals surface area contributed by atoms with E-state index in [9.17, 15) is 4.79 Å². The lowest BCUT2D eigenvalue weighted by Gasteiger charge is -2.55. The lowest BCUT2D eigenvalue weighted by atomic mass is 9.79. The molecule has 2 aliphatic rings. The minimum atomic E-state index is -1.06. The van der Waals surface area contributed by atoms with Gasteiger partial charge >= 0.3 is 5.97 Å². The SMILES string of the molecule is CCOC(=O)[C@H]1[C@H]2NC(=S)N(c3cccc(C)c3C)[C@@]1(C)Oc1ccc(OC)cc12. The number of rotatable bonds is 4. The van der Waals surface area contributed by atoms with Crippen LogP contribution in [-0.2, 0) is 9.53 Å². The Morgan fingerprint density at radius 3 is 2.77 bits per heavy atom. The Morgan fingerprint density at radius 2 is 2.07 bits per heavy atom. The van der Waals surface area contributed by atoms with Crippen LogP contribution in [0.25, 0.3) is 0 Å². The lowest BCUT2D eigenvalue weighted by molar-refractivity contribution is -0.159. The van der Waals surface area contributed by atoms with Crippen molar-refractivity contribution < 1.29 is 19.0 Å². The third-order valence-electron chi connectivity index (χ3n) is 6.06. The van der Waals surface area contributed by atoms with Crippen LogP contribution in [0, 0.1) is 19.8 Å². The van der Waals surface area contributed by atoms with E-state index in [1.807, 2.05) is 49.1 Å². The first-order chi connectivity index (χ1) is 14.3. The Balaban J connectivity index is 1.92.